The quantitative estimate of drug-likeness (QED) is 0.861. The van der Waals surface area contributed by atoms with Gasteiger partial charge in [0.2, 0.25) is 5.91 Å². The molecule has 116 valence electrons. The fourth-order valence-corrected chi connectivity index (χ4v) is 2.58. The molecule has 1 atom stereocenters. The third-order valence-corrected chi connectivity index (χ3v) is 3.68. The van der Waals surface area contributed by atoms with E-state index in [9.17, 15) is 18.0 Å². The van der Waals surface area contributed by atoms with Gasteiger partial charge < -0.3 is 15.4 Å². The van der Waals surface area contributed by atoms with E-state index >= 15 is 0 Å². The first-order chi connectivity index (χ1) is 9.85. The Morgan fingerprint density at radius 3 is 2.81 bits per heavy atom. The maximum atomic E-state index is 12.2. The normalized spacial score (nSPS) is 19.2. The largest absolute Gasteiger partial charge is 0.573 e. The first-order valence-electron chi connectivity index (χ1n) is 6.40. The molecule has 1 heterocycles. The molecule has 0 aromatic heterocycles. The minimum absolute atomic E-state index is 0.0441. The number of hydrogen-bond acceptors (Lipinski definition) is 3. The summed E-state index contributed by atoms with van der Waals surface area (Å²) in [7, 11) is 0. The van der Waals surface area contributed by atoms with Gasteiger partial charge >= 0.3 is 6.36 Å². The lowest BCUT2D eigenvalue weighted by Crippen LogP contribution is -2.47. The van der Waals surface area contributed by atoms with E-state index in [1.54, 1.807) is 0 Å². The lowest BCUT2D eigenvalue weighted by atomic mass is 10.1. The minimum Gasteiger partial charge on any atom is -0.405 e. The lowest BCUT2D eigenvalue weighted by Gasteiger charge is -2.23. The zero-order valence-corrected chi connectivity index (χ0v) is 12.6. The molecule has 1 aromatic rings. The Balaban J connectivity index is 1.95. The van der Waals surface area contributed by atoms with Crippen LogP contribution < -0.4 is 15.4 Å². The average molecular weight is 367 g/mol. The number of nitrogens with one attached hydrogen (secondary N) is 2. The summed E-state index contributed by atoms with van der Waals surface area (Å²) >= 11 is 3.05. The van der Waals surface area contributed by atoms with Crippen LogP contribution in [0.2, 0.25) is 0 Å². The van der Waals surface area contributed by atoms with Crippen LogP contribution in [0.3, 0.4) is 0 Å². The summed E-state index contributed by atoms with van der Waals surface area (Å²) in [4.78, 5) is 11.6. The number of piperidine rings is 1. The second-order valence-corrected chi connectivity index (χ2v) is 5.53. The Morgan fingerprint density at radius 1 is 1.43 bits per heavy atom. The van der Waals surface area contributed by atoms with Crippen LogP contribution in [0, 0.1) is 0 Å². The van der Waals surface area contributed by atoms with Crippen molar-refractivity contribution in [3.63, 3.8) is 0 Å². The molecule has 0 aliphatic carbocycles. The fourth-order valence-electron chi connectivity index (χ4n) is 2.07. The zero-order chi connectivity index (χ0) is 15.5. The van der Waals surface area contributed by atoms with Crippen molar-refractivity contribution in [3.8, 4) is 5.75 Å². The van der Waals surface area contributed by atoms with Gasteiger partial charge in [-0.25, -0.2) is 0 Å². The van der Waals surface area contributed by atoms with E-state index < -0.39 is 6.36 Å². The predicted molar refractivity (Wildman–Crippen MR) is 73.7 cm³/mol. The Bertz CT molecular complexity index is 523. The average Bonchev–Trinajstić information content (AvgIpc) is 2.39. The van der Waals surface area contributed by atoms with Gasteiger partial charge in [-0.3, -0.25) is 4.79 Å². The topological polar surface area (TPSA) is 50.4 Å². The number of halogens is 4. The van der Waals surface area contributed by atoms with Gasteiger partial charge in [0, 0.05) is 13.1 Å². The molecule has 1 aliphatic rings. The number of hydrogen-bond donors (Lipinski definition) is 2. The molecule has 4 nitrogen and oxygen atoms in total. The third-order valence-electron chi connectivity index (χ3n) is 3.06. The van der Waals surface area contributed by atoms with Crippen LogP contribution in [0.4, 0.5) is 13.2 Å². The highest BCUT2D eigenvalue weighted by molar-refractivity contribution is 9.10. The fraction of sp³-hybridized carbons (Fsp3) is 0.462. The van der Waals surface area contributed by atoms with E-state index in [0.29, 0.717) is 13.1 Å². The molecule has 1 amide bonds. The summed E-state index contributed by atoms with van der Waals surface area (Å²) in [5.74, 6) is -0.334. The Kier molecular flexibility index (Phi) is 5.10. The number of benzene rings is 1. The molecule has 0 bridgehead atoms. The number of rotatable bonds is 4. The SMILES string of the molecule is O=C1NCCCC1NCc1ccc(OC(F)(F)F)c(Br)c1. The zero-order valence-electron chi connectivity index (χ0n) is 11.0. The van der Waals surface area contributed by atoms with Gasteiger partial charge in [-0.15, -0.1) is 13.2 Å². The van der Waals surface area contributed by atoms with Crippen LogP contribution in [0.15, 0.2) is 22.7 Å². The molecule has 21 heavy (non-hydrogen) atoms. The van der Waals surface area contributed by atoms with Gasteiger partial charge in [0.15, 0.2) is 0 Å². The van der Waals surface area contributed by atoms with Gasteiger partial charge in [0.05, 0.1) is 10.5 Å². The Labute approximate surface area is 128 Å². The first kappa shape index (κ1) is 16.1. The van der Waals surface area contributed by atoms with Crippen molar-refractivity contribution in [3.05, 3.63) is 28.2 Å². The van der Waals surface area contributed by atoms with Crippen molar-refractivity contribution in [1.82, 2.24) is 10.6 Å². The molecular formula is C13H14BrF3N2O2. The summed E-state index contributed by atoms with van der Waals surface area (Å²) in [6, 6.07) is 4.05. The molecule has 0 radical (unpaired) electrons. The van der Waals surface area contributed by atoms with E-state index in [1.165, 1.54) is 18.2 Å². The molecule has 2 rings (SSSR count). The highest BCUT2D eigenvalue weighted by atomic mass is 79.9. The number of alkyl halides is 3. The summed E-state index contributed by atoms with van der Waals surface area (Å²) in [5.41, 5.74) is 0.759. The molecule has 2 N–H and O–H groups in total. The van der Waals surface area contributed by atoms with Crippen LogP contribution in [0.1, 0.15) is 18.4 Å². The monoisotopic (exact) mass is 366 g/mol. The second kappa shape index (κ2) is 6.65. The van der Waals surface area contributed by atoms with E-state index in [-0.39, 0.29) is 22.2 Å². The molecule has 8 heteroatoms. The summed E-state index contributed by atoms with van der Waals surface area (Å²) in [5, 5.41) is 5.85. The first-order valence-corrected chi connectivity index (χ1v) is 7.20. The van der Waals surface area contributed by atoms with Crippen molar-refractivity contribution >= 4 is 21.8 Å². The minimum atomic E-state index is -4.72. The third kappa shape index (κ3) is 4.89. The van der Waals surface area contributed by atoms with Gasteiger partial charge in [0.25, 0.3) is 0 Å². The molecule has 0 saturated carbocycles. The molecular weight excluding hydrogens is 353 g/mol. The van der Waals surface area contributed by atoms with Crippen LogP contribution in [-0.2, 0) is 11.3 Å². The van der Waals surface area contributed by atoms with E-state index in [1.807, 2.05) is 0 Å². The summed E-state index contributed by atoms with van der Waals surface area (Å²) < 4.78 is 40.6. The molecule has 1 unspecified atom stereocenters. The molecule has 1 saturated heterocycles. The van der Waals surface area contributed by atoms with E-state index in [0.717, 1.165) is 18.4 Å². The van der Waals surface area contributed by atoms with Crippen molar-refractivity contribution in [2.75, 3.05) is 6.54 Å². The maximum absolute atomic E-state index is 12.2. The molecule has 1 aliphatic heterocycles. The lowest BCUT2D eigenvalue weighted by molar-refractivity contribution is -0.274. The molecule has 1 fully saturated rings. The van der Waals surface area contributed by atoms with Gasteiger partial charge in [0.1, 0.15) is 5.75 Å². The highest BCUT2D eigenvalue weighted by Crippen LogP contribution is 2.31. The summed E-state index contributed by atoms with van der Waals surface area (Å²) in [6.45, 7) is 1.08. The van der Waals surface area contributed by atoms with E-state index in [4.69, 9.17) is 0 Å². The number of ether oxygens (including phenoxy) is 1. The van der Waals surface area contributed by atoms with E-state index in [2.05, 4.69) is 31.3 Å². The summed E-state index contributed by atoms with van der Waals surface area (Å²) in [6.07, 6.45) is -3.06. The van der Waals surface area contributed by atoms with Crippen molar-refractivity contribution in [1.29, 1.82) is 0 Å². The van der Waals surface area contributed by atoms with Gasteiger partial charge in [-0.05, 0) is 46.5 Å². The van der Waals surface area contributed by atoms with Crippen molar-refractivity contribution in [2.45, 2.75) is 31.8 Å². The van der Waals surface area contributed by atoms with Crippen LogP contribution in [-0.4, -0.2) is 24.9 Å². The van der Waals surface area contributed by atoms with Gasteiger partial charge in [-0.1, -0.05) is 6.07 Å². The second-order valence-electron chi connectivity index (χ2n) is 4.68. The standard InChI is InChI=1S/C13H14BrF3N2O2/c14-9-6-8(3-4-11(9)21-13(15,16)17)7-19-10-2-1-5-18-12(10)20/h3-4,6,10,19H,1-2,5,7H2,(H,18,20). The van der Waals surface area contributed by atoms with Crippen LogP contribution in [0.25, 0.3) is 0 Å². The number of amides is 1. The van der Waals surface area contributed by atoms with Crippen molar-refractivity contribution in [2.24, 2.45) is 0 Å². The number of carbonyl (C=O) groups excluding carboxylic acids is 1. The van der Waals surface area contributed by atoms with Crippen LogP contribution >= 0.6 is 15.9 Å². The molecule has 1 aromatic carbocycles. The van der Waals surface area contributed by atoms with Gasteiger partial charge in [-0.2, -0.15) is 0 Å². The van der Waals surface area contributed by atoms with Crippen molar-refractivity contribution < 1.29 is 22.7 Å². The Morgan fingerprint density at radius 2 is 2.19 bits per heavy atom. The van der Waals surface area contributed by atoms with Crippen LogP contribution in [0.5, 0.6) is 5.75 Å². The maximum Gasteiger partial charge on any atom is 0.573 e. The number of carbonyl (C=O) groups is 1. The molecule has 0 spiro atoms. The highest BCUT2D eigenvalue weighted by Gasteiger charge is 2.32. The smallest absolute Gasteiger partial charge is 0.405 e. The predicted octanol–water partition coefficient (Wildman–Crippen LogP) is 2.72. The Hall–Kier alpha value is -1.28.